The number of carbonyl (C=O) groups excluding carboxylic acids is 2. The van der Waals surface area contributed by atoms with Gasteiger partial charge in [-0.2, -0.15) is 0 Å². The van der Waals surface area contributed by atoms with Crippen LogP contribution in [0.25, 0.3) is 0 Å². The van der Waals surface area contributed by atoms with E-state index in [2.05, 4.69) is 5.32 Å². The standard InChI is InChI=1S/C18H27N3O3/c1-5-24-16-12-13(2)6-7-15(16)19-17(22)14-8-10-21(11-9-14)18(23)20(3)4/h6-7,12,14H,5,8-11H2,1-4H3,(H,19,22). The predicted molar refractivity (Wildman–Crippen MR) is 94.4 cm³/mol. The summed E-state index contributed by atoms with van der Waals surface area (Å²) in [6.45, 7) is 5.69. The number of rotatable bonds is 4. The molecule has 0 aromatic heterocycles. The first-order valence-electron chi connectivity index (χ1n) is 8.43. The van der Waals surface area contributed by atoms with E-state index in [1.165, 1.54) is 0 Å². The average molecular weight is 333 g/mol. The summed E-state index contributed by atoms with van der Waals surface area (Å²) in [4.78, 5) is 27.9. The Morgan fingerprint density at radius 3 is 2.54 bits per heavy atom. The van der Waals surface area contributed by atoms with Crippen molar-refractivity contribution in [3.05, 3.63) is 23.8 Å². The number of urea groups is 1. The van der Waals surface area contributed by atoms with E-state index < -0.39 is 0 Å². The number of hydrogen-bond acceptors (Lipinski definition) is 3. The minimum atomic E-state index is -0.0769. The van der Waals surface area contributed by atoms with Gasteiger partial charge in [0.15, 0.2) is 0 Å². The number of ether oxygens (including phenoxy) is 1. The molecule has 6 heteroatoms. The minimum absolute atomic E-state index is 0.00300. The highest BCUT2D eigenvalue weighted by atomic mass is 16.5. The fraction of sp³-hybridized carbons (Fsp3) is 0.556. The van der Waals surface area contributed by atoms with E-state index in [1.54, 1.807) is 23.9 Å². The molecule has 0 radical (unpaired) electrons. The molecule has 0 aliphatic carbocycles. The van der Waals surface area contributed by atoms with Crippen molar-refractivity contribution < 1.29 is 14.3 Å². The summed E-state index contributed by atoms with van der Waals surface area (Å²) in [6.07, 6.45) is 1.36. The van der Waals surface area contributed by atoms with Crippen molar-refractivity contribution in [3.8, 4) is 5.75 Å². The van der Waals surface area contributed by atoms with Crippen molar-refractivity contribution in [1.82, 2.24) is 9.80 Å². The monoisotopic (exact) mass is 333 g/mol. The molecular formula is C18H27N3O3. The topological polar surface area (TPSA) is 61.9 Å². The second-order valence-electron chi connectivity index (χ2n) is 6.36. The summed E-state index contributed by atoms with van der Waals surface area (Å²) in [7, 11) is 3.49. The second-order valence-corrected chi connectivity index (χ2v) is 6.36. The maximum atomic E-state index is 12.5. The zero-order valence-corrected chi connectivity index (χ0v) is 15.0. The van der Waals surface area contributed by atoms with Crippen LogP contribution in [0.15, 0.2) is 18.2 Å². The molecule has 24 heavy (non-hydrogen) atoms. The number of hydrogen-bond donors (Lipinski definition) is 1. The summed E-state index contributed by atoms with van der Waals surface area (Å²) in [5.41, 5.74) is 1.80. The zero-order chi connectivity index (χ0) is 17.7. The summed E-state index contributed by atoms with van der Waals surface area (Å²) in [5, 5.41) is 2.98. The van der Waals surface area contributed by atoms with E-state index in [0.717, 1.165) is 5.56 Å². The number of amides is 3. The normalized spacial score (nSPS) is 15.1. The van der Waals surface area contributed by atoms with Crippen molar-refractivity contribution in [3.63, 3.8) is 0 Å². The zero-order valence-electron chi connectivity index (χ0n) is 15.0. The fourth-order valence-electron chi connectivity index (χ4n) is 2.86. The SMILES string of the molecule is CCOc1cc(C)ccc1NC(=O)C1CCN(C(=O)N(C)C)CC1. The third-order valence-corrected chi connectivity index (χ3v) is 4.21. The Morgan fingerprint density at radius 2 is 1.96 bits per heavy atom. The number of piperidine rings is 1. The Kier molecular flexibility index (Phi) is 6.06. The average Bonchev–Trinajstić information content (AvgIpc) is 2.57. The van der Waals surface area contributed by atoms with Crippen LogP contribution in [0.2, 0.25) is 0 Å². The van der Waals surface area contributed by atoms with Crippen LogP contribution in [0.1, 0.15) is 25.3 Å². The highest BCUT2D eigenvalue weighted by Crippen LogP contribution is 2.27. The lowest BCUT2D eigenvalue weighted by Gasteiger charge is -2.33. The number of likely N-dealkylation sites (tertiary alicyclic amines) is 1. The first kappa shape index (κ1) is 18.1. The van der Waals surface area contributed by atoms with Gasteiger partial charge in [-0.15, -0.1) is 0 Å². The van der Waals surface area contributed by atoms with E-state index in [4.69, 9.17) is 4.74 Å². The van der Waals surface area contributed by atoms with Gasteiger partial charge in [-0.1, -0.05) is 6.07 Å². The van der Waals surface area contributed by atoms with Crippen molar-refractivity contribution in [1.29, 1.82) is 0 Å². The molecule has 1 aromatic rings. The lowest BCUT2D eigenvalue weighted by Crippen LogP contribution is -2.45. The molecule has 6 nitrogen and oxygen atoms in total. The molecule has 1 heterocycles. The second kappa shape index (κ2) is 8.04. The molecule has 0 unspecified atom stereocenters. The van der Waals surface area contributed by atoms with Crippen LogP contribution in [0, 0.1) is 12.8 Å². The summed E-state index contributed by atoms with van der Waals surface area (Å²) >= 11 is 0. The van der Waals surface area contributed by atoms with Crippen LogP contribution in [0.4, 0.5) is 10.5 Å². The molecule has 0 atom stereocenters. The molecule has 0 spiro atoms. The molecule has 1 N–H and O–H groups in total. The van der Waals surface area contributed by atoms with Crippen molar-refractivity contribution >= 4 is 17.6 Å². The number of benzene rings is 1. The van der Waals surface area contributed by atoms with Gasteiger partial charge in [0.25, 0.3) is 0 Å². The Hall–Kier alpha value is -2.24. The minimum Gasteiger partial charge on any atom is -0.492 e. The number of nitrogens with zero attached hydrogens (tertiary/aromatic N) is 2. The van der Waals surface area contributed by atoms with Gasteiger partial charge in [0.05, 0.1) is 12.3 Å². The van der Waals surface area contributed by atoms with Crippen LogP contribution in [0.3, 0.4) is 0 Å². The lowest BCUT2D eigenvalue weighted by molar-refractivity contribution is -0.121. The third-order valence-electron chi connectivity index (χ3n) is 4.21. The highest BCUT2D eigenvalue weighted by Gasteiger charge is 2.28. The molecule has 1 fully saturated rings. The van der Waals surface area contributed by atoms with Gasteiger partial charge in [0, 0.05) is 33.1 Å². The molecule has 1 aromatic carbocycles. The van der Waals surface area contributed by atoms with Gasteiger partial charge in [-0.3, -0.25) is 4.79 Å². The molecule has 3 amide bonds. The molecule has 1 saturated heterocycles. The van der Waals surface area contributed by atoms with Gasteiger partial charge >= 0.3 is 6.03 Å². The quantitative estimate of drug-likeness (QED) is 0.921. The number of nitrogens with one attached hydrogen (secondary N) is 1. The van der Waals surface area contributed by atoms with Crippen LogP contribution in [-0.2, 0) is 4.79 Å². The van der Waals surface area contributed by atoms with E-state index >= 15 is 0 Å². The molecule has 0 saturated carbocycles. The molecule has 1 aliphatic heterocycles. The van der Waals surface area contributed by atoms with Crippen molar-refractivity contribution in [2.45, 2.75) is 26.7 Å². The molecule has 1 aliphatic rings. The van der Waals surface area contributed by atoms with Gasteiger partial charge in [0.2, 0.25) is 5.91 Å². The first-order chi connectivity index (χ1) is 11.4. The number of aryl methyl sites for hydroxylation is 1. The third kappa shape index (κ3) is 4.40. The summed E-state index contributed by atoms with van der Waals surface area (Å²) in [5.74, 6) is 0.620. The summed E-state index contributed by atoms with van der Waals surface area (Å²) in [6, 6.07) is 5.77. The van der Waals surface area contributed by atoms with E-state index in [-0.39, 0.29) is 17.9 Å². The number of carbonyl (C=O) groups is 2. The maximum Gasteiger partial charge on any atom is 0.319 e. The first-order valence-corrected chi connectivity index (χ1v) is 8.43. The van der Waals surface area contributed by atoms with Crippen LogP contribution < -0.4 is 10.1 Å². The van der Waals surface area contributed by atoms with Gasteiger partial charge in [-0.05, 0) is 44.4 Å². The molecule has 0 bridgehead atoms. The van der Waals surface area contributed by atoms with E-state index in [0.29, 0.717) is 44.0 Å². The van der Waals surface area contributed by atoms with Gasteiger partial charge < -0.3 is 19.9 Å². The summed E-state index contributed by atoms with van der Waals surface area (Å²) < 4.78 is 5.61. The Balaban J connectivity index is 1.96. The van der Waals surface area contributed by atoms with Gasteiger partial charge in [-0.25, -0.2) is 4.79 Å². The van der Waals surface area contributed by atoms with Crippen LogP contribution in [-0.4, -0.2) is 55.5 Å². The smallest absolute Gasteiger partial charge is 0.319 e. The fourth-order valence-corrected chi connectivity index (χ4v) is 2.86. The van der Waals surface area contributed by atoms with Gasteiger partial charge in [0.1, 0.15) is 5.75 Å². The van der Waals surface area contributed by atoms with E-state index in [1.807, 2.05) is 32.0 Å². The lowest BCUT2D eigenvalue weighted by atomic mass is 9.96. The number of anilines is 1. The molecule has 132 valence electrons. The largest absolute Gasteiger partial charge is 0.492 e. The van der Waals surface area contributed by atoms with Crippen LogP contribution in [0.5, 0.6) is 5.75 Å². The molecule has 2 rings (SSSR count). The molecular weight excluding hydrogens is 306 g/mol. The Labute approximate surface area is 143 Å². The van der Waals surface area contributed by atoms with Crippen LogP contribution >= 0.6 is 0 Å². The maximum absolute atomic E-state index is 12.5. The highest BCUT2D eigenvalue weighted by molar-refractivity contribution is 5.94. The Morgan fingerprint density at radius 1 is 1.29 bits per heavy atom. The van der Waals surface area contributed by atoms with E-state index in [9.17, 15) is 9.59 Å². The van der Waals surface area contributed by atoms with Crippen molar-refractivity contribution in [2.75, 3.05) is 39.1 Å². The van der Waals surface area contributed by atoms with Crippen molar-refractivity contribution in [2.24, 2.45) is 5.92 Å². The predicted octanol–water partition coefficient (Wildman–Crippen LogP) is 2.73. The Bertz CT molecular complexity index is 593.